The van der Waals surface area contributed by atoms with E-state index in [1.165, 1.54) is 0 Å². The highest BCUT2D eigenvalue weighted by atomic mass is 32.2. The van der Waals surface area contributed by atoms with Gasteiger partial charge in [0, 0.05) is 17.0 Å². The molecule has 4 heteroatoms. The van der Waals surface area contributed by atoms with Gasteiger partial charge in [0.25, 0.3) is 0 Å². The van der Waals surface area contributed by atoms with E-state index < -0.39 is 10.8 Å². The summed E-state index contributed by atoms with van der Waals surface area (Å²) in [6.45, 7) is 9.90. The minimum atomic E-state index is -1.27. The van der Waals surface area contributed by atoms with Gasteiger partial charge in [-0.15, -0.1) is 0 Å². The van der Waals surface area contributed by atoms with Crippen LogP contribution in [0.25, 0.3) is 0 Å². The average molecular weight is 281 g/mol. The molecule has 106 valence electrons. The monoisotopic (exact) mass is 281 g/mol. The van der Waals surface area contributed by atoms with Gasteiger partial charge in [-0.25, -0.2) is 0 Å². The summed E-state index contributed by atoms with van der Waals surface area (Å²) in [5.74, 6) is 0.00304. The first-order valence-electron chi connectivity index (χ1n) is 6.59. The van der Waals surface area contributed by atoms with Crippen LogP contribution >= 0.6 is 0 Å². The minimum absolute atomic E-state index is 0.0519. The lowest BCUT2D eigenvalue weighted by molar-refractivity contribution is -0.131. The molecule has 1 aromatic rings. The topological polar surface area (TPSA) is 37.4 Å². The highest BCUT2D eigenvalue weighted by Gasteiger charge is 2.22. The number of nitrogens with zero attached hydrogens (tertiary/aromatic N) is 1. The Hall–Kier alpha value is -1.16. The molecule has 0 bridgehead atoms. The van der Waals surface area contributed by atoms with E-state index in [0.717, 1.165) is 5.56 Å². The Balaban J connectivity index is 2.76. The first kappa shape index (κ1) is 15.9. The van der Waals surface area contributed by atoms with Gasteiger partial charge in [-0.2, -0.15) is 0 Å². The number of benzene rings is 1. The Labute approximate surface area is 118 Å². The van der Waals surface area contributed by atoms with Crippen molar-refractivity contribution < 1.29 is 9.00 Å². The molecule has 19 heavy (non-hydrogen) atoms. The van der Waals surface area contributed by atoms with Crippen LogP contribution in [0.1, 0.15) is 33.3 Å². The van der Waals surface area contributed by atoms with Gasteiger partial charge in [0.15, 0.2) is 0 Å². The van der Waals surface area contributed by atoms with E-state index in [1.54, 1.807) is 4.90 Å². The fourth-order valence-corrected chi connectivity index (χ4v) is 3.11. The predicted molar refractivity (Wildman–Crippen MR) is 79.6 cm³/mol. The highest BCUT2D eigenvalue weighted by Crippen LogP contribution is 2.11. The Bertz CT molecular complexity index is 444. The van der Waals surface area contributed by atoms with Crippen LogP contribution in [-0.2, 0) is 15.6 Å². The number of aryl methyl sites for hydroxylation is 1. The Morgan fingerprint density at radius 2 is 1.58 bits per heavy atom. The number of carbonyl (C=O) groups is 1. The first-order valence-corrected chi connectivity index (χ1v) is 7.91. The molecule has 1 amide bonds. The molecule has 1 atom stereocenters. The molecule has 0 N–H and O–H groups in total. The Morgan fingerprint density at radius 1 is 1.11 bits per heavy atom. The third kappa shape index (κ3) is 4.46. The van der Waals surface area contributed by atoms with Gasteiger partial charge < -0.3 is 4.90 Å². The summed E-state index contributed by atoms with van der Waals surface area (Å²) < 4.78 is 12.2. The summed E-state index contributed by atoms with van der Waals surface area (Å²) in [4.78, 5) is 14.7. The molecule has 0 fully saturated rings. The molecule has 0 heterocycles. The zero-order chi connectivity index (χ0) is 14.6. The van der Waals surface area contributed by atoms with Crippen LogP contribution < -0.4 is 0 Å². The van der Waals surface area contributed by atoms with Crippen molar-refractivity contribution in [3.63, 3.8) is 0 Å². The molecular formula is C15H23NO2S. The van der Waals surface area contributed by atoms with E-state index in [9.17, 15) is 9.00 Å². The zero-order valence-electron chi connectivity index (χ0n) is 12.3. The van der Waals surface area contributed by atoms with Crippen molar-refractivity contribution in [2.75, 3.05) is 5.75 Å². The second-order valence-corrected chi connectivity index (χ2v) is 6.74. The van der Waals surface area contributed by atoms with Crippen LogP contribution in [0.5, 0.6) is 0 Å². The van der Waals surface area contributed by atoms with E-state index in [1.807, 2.05) is 58.9 Å². The van der Waals surface area contributed by atoms with Gasteiger partial charge in [0.05, 0.1) is 10.8 Å². The summed E-state index contributed by atoms with van der Waals surface area (Å²) in [5.41, 5.74) is 1.12. The van der Waals surface area contributed by atoms with Crippen LogP contribution in [-0.4, -0.2) is 32.9 Å². The van der Waals surface area contributed by atoms with Gasteiger partial charge in [-0.05, 0) is 46.8 Å². The average Bonchev–Trinajstić information content (AvgIpc) is 2.28. The fourth-order valence-electron chi connectivity index (χ4n) is 2.13. The lowest BCUT2D eigenvalue weighted by Gasteiger charge is -2.30. The van der Waals surface area contributed by atoms with Gasteiger partial charge in [0.1, 0.15) is 5.75 Å². The number of rotatable bonds is 5. The van der Waals surface area contributed by atoms with Crippen molar-refractivity contribution in [2.45, 2.75) is 51.6 Å². The van der Waals surface area contributed by atoms with Crippen molar-refractivity contribution in [3.8, 4) is 0 Å². The Morgan fingerprint density at radius 3 is 2.00 bits per heavy atom. The molecule has 3 nitrogen and oxygen atoms in total. The normalized spacial score (nSPS) is 12.8. The smallest absolute Gasteiger partial charge is 0.236 e. The second kappa shape index (κ2) is 6.85. The van der Waals surface area contributed by atoms with Crippen molar-refractivity contribution in [3.05, 3.63) is 29.8 Å². The van der Waals surface area contributed by atoms with Gasteiger partial charge >= 0.3 is 0 Å². The number of carbonyl (C=O) groups excluding carboxylic acids is 1. The summed E-state index contributed by atoms with van der Waals surface area (Å²) >= 11 is 0. The molecule has 0 aliphatic carbocycles. The van der Waals surface area contributed by atoms with E-state index in [2.05, 4.69) is 0 Å². The fraction of sp³-hybridized carbons (Fsp3) is 0.533. The van der Waals surface area contributed by atoms with E-state index in [-0.39, 0.29) is 23.7 Å². The van der Waals surface area contributed by atoms with Crippen LogP contribution in [0.15, 0.2) is 29.2 Å². The maximum atomic E-state index is 12.2. The molecule has 0 saturated heterocycles. The van der Waals surface area contributed by atoms with Crippen LogP contribution in [0, 0.1) is 6.92 Å². The molecule has 0 aliphatic rings. The van der Waals surface area contributed by atoms with Crippen LogP contribution in [0.4, 0.5) is 0 Å². The maximum absolute atomic E-state index is 12.2. The third-order valence-electron chi connectivity index (χ3n) is 2.94. The molecule has 0 aromatic heterocycles. The molecule has 0 radical (unpaired) electrons. The molecule has 0 saturated carbocycles. The SMILES string of the molecule is Cc1ccc(S(=O)CC(=O)N(C(C)C)C(C)C)cc1. The summed E-state index contributed by atoms with van der Waals surface area (Å²) in [7, 11) is -1.27. The number of hydrogen-bond acceptors (Lipinski definition) is 2. The quantitative estimate of drug-likeness (QED) is 0.832. The van der Waals surface area contributed by atoms with Gasteiger partial charge in [-0.3, -0.25) is 9.00 Å². The molecule has 0 spiro atoms. The highest BCUT2D eigenvalue weighted by molar-refractivity contribution is 7.85. The minimum Gasteiger partial charge on any atom is -0.337 e. The van der Waals surface area contributed by atoms with Gasteiger partial charge in [0.2, 0.25) is 5.91 Å². The zero-order valence-corrected chi connectivity index (χ0v) is 13.2. The maximum Gasteiger partial charge on any atom is 0.236 e. The Kier molecular flexibility index (Phi) is 5.73. The second-order valence-electron chi connectivity index (χ2n) is 5.29. The molecule has 0 aliphatic heterocycles. The number of hydrogen-bond donors (Lipinski definition) is 0. The molecular weight excluding hydrogens is 258 g/mol. The summed E-state index contributed by atoms with van der Waals surface area (Å²) in [6.07, 6.45) is 0. The standard InChI is InChI=1S/C15H23NO2S/c1-11(2)16(12(3)4)15(17)10-19(18)14-8-6-13(5)7-9-14/h6-9,11-12H,10H2,1-5H3. The third-order valence-corrected chi connectivity index (χ3v) is 4.25. The van der Waals surface area contributed by atoms with Crippen molar-refractivity contribution in [1.29, 1.82) is 0 Å². The van der Waals surface area contributed by atoms with E-state index in [0.29, 0.717) is 4.90 Å². The lowest BCUT2D eigenvalue weighted by Crippen LogP contribution is -2.44. The summed E-state index contributed by atoms with van der Waals surface area (Å²) in [6, 6.07) is 7.74. The van der Waals surface area contributed by atoms with Crippen LogP contribution in [0.3, 0.4) is 0 Å². The molecule has 1 rings (SSSR count). The largest absolute Gasteiger partial charge is 0.337 e. The summed E-state index contributed by atoms with van der Waals surface area (Å²) in [5, 5.41) is 0. The van der Waals surface area contributed by atoms with Crippen molar-refractivity contribution in [2.24, 2.45) is 0 Å². The van der Waals surface area contributed by atoms with E-state index >= 15 is 0 Å². The van der Waals surface area contributed by atoms with Gasteiger partial charge in [-0.1, -0.05) is 17.7 Å². The predicted octanol–water partition coefficient (Wildman–Crippen LogP) is 2.75. The van der Waals surface area contributed by atoms with Crippen molar-refractivity contribution in [1.82, 2.24) is 4.90 Å². The number of amides is 1. The molecule has 1 aromatic carbocycles. The van der Waals surface area contributed by atoms with Crippen LogP contribution in [0.2, 0.25) is 0 Å². The lowest BCUT2D eigenvalue weighted by atomic mass is 10.2. The first-order chi connectivity index (χ1) is 8.82. The van der Waals surface area contributed by atoms with Crippen molar-refractivity contribution >= 4 is 16.7 Å². The molecule has 1 unspecified atom stereocenters. The van der Waals surface area contributed by atoms with E-state index in [4.69, 9.17) is 0 Å².